The average molecular weight is 413 g/mol. The molecule has 5 nitrogen and oxygen atoms in total. The van der Waals surface area contributed by atoms with Gasteiger partial charge in [-0.05, 0) is 92.2 Å². The molecule has 1 aromatic heterocycles. The van der Waals surface area contributed by atoms with Gasteiger partial charge in [0.15, 0.2) is 0 Å². The molecule has 5 fully saturated rings. The molecule has 1 N–H and O–H groups in total. The summed E-state index contributed by atoms with van der Waals surface area (Å²) in [4.78, 5) is 12.6. The topological polar surface area (TPSA) is 68.2 Å². The molecular formula is C23H28N2O3S. The SMILES string of the molecule is Cn1cc(C2C3CC4CC(C3)CC2C4)c2ccc(C(=O)NS(=O)(=O)C3CC3)cc21. The van der Waals surface area contributed by atoms with E-state index in [1.807, 2.05) is 19.2 Å². The first kappa shape index (κ1) is 18.0. The molecule has 5 aliphatic carbocycles. The lowest BCUT2D eigenvalue weighted by Gasteiger charge is -2.54. The first-order valence-corrected chi connectivity index (χ1v) is 12.6. The average Bonchev–Trinajstić information content (AvgIpc) is 3.47. The minimum atomic E-state index is -3.53. The zero-order chi connectivity index (χ0) is 19.9. The number of benzene rings is 1. The maximum absolute atomic E-state index is 12.6. The molecule has 5 saturated carbocycles. The first-order valence-electron chi connectivity index (χ1n) is 11.0. The van der Waals surface area contributed by atoms with Crippen LogP contribution in [-0.4, -0.2) is 24.1 Å². The number of fused-ring (bicyclic) bond motifs is 1. The highest BCUT2D eigenvalue weighted by molar-refractivity contribution is 7.91. The van der Waals surface area contributed by atoms with Crippen molar-refractivity contribution in [2.75, 3.05) is 0 Å². The van der Waals surface area contributed by atoms with E-state index in [0.717, 1.165) is 29.2 Å². The molecule has 0 aliphatic heterocycles. The fraction of sp³-hybridized carbons (Fsp3) is 0.609. The number of carbonyl (C=O) groups excluding carboxylic acids is 1. The fourth-order valence-electron chi connectivity index (χ4n) is 6.90. The maximum atomic E-state index is 12.6. The number of carbonyl (C=O) groups is 1. The number of amides is 1. The van der Waals surface area contributed by atoms with E-state index in [2.05, 4.69) is 15.5 Å². The lowest BCUT2D eigenvalue weighted by atomic mass is 9.51. The van der Waals surface area contributed by atoms with Crippen molar-refractivity contribution in [1.29, 1.82) is 0 Å². The van der Waals surface area contributed by atoms with Gasteiger partial charge in [-0.25, -0.2) is 13.1 Å². The number of hydrogen-bond acceptors (Lipinski definition) is 3. The molecule has 1 aromatic carbocycles. The molecule has 6 heteroatoms. The van der Waals surface area contributed by atoms with E-state index in [-0.39, 0.29) is 0 Å². The molecule has 1 amide bonds. The van der Waals surface area contributed by atoms with E-state index in [0.29, 0.717) is 24.3 Å². The van der Waals surface area contributed by atoms with Gasteiger partial charge in [0, 0.05) is 29.7 Å². The number of nitrogens with one attached hydrogen (secondary N) is 1. The summed E-state index contributed by atoms with van der Waals surface area (Å²) in [6, 6.07) is 5.68. The van der Waals surface area contributed by atoms with Crippen molar-refractivity contribution in [1.82, 2.24) is 9.29 Å². The monoisotopic (exact) mass is 412 g/mol. The van der Waals surface area contributed by atoms with Gasteiger partial charge in [-0.15, -0.1) is 0 Å². The summed E-state index contributed by atoms with van der Waals surface area (Å²) in [7, 11) is -1.50. The summed E-state index contributed by atoms with van der Waals surface area (Å²) in [5, 5.41) is 0.834. The van der Waals surface area contributed by atoms with Gasteiger partial charge in [0.2, 0.25) is 10.0 Å². The second kappa shape index (κ2) is 6.10. The van der Waals surface area contributed by atoms with Crippen LogP contribution in [0.4, 0.5) is 0 Å². The maximum Gasteiger partial charge on any atom is 0.264 e. The van der Waals surface area contributed by atoms with Crippen LogP contribution in [0.3, 0.4) is 0 Å². The third-order valence-corrected chi connectivity index (χ3v) is 9.89. The Morgan fingerprint density at radius 3 is 2.31 bits per heavy atom. The predicted molar refractivity (Wildman–Crippen MR) is 112 cm³/mol. The quantitative estimate of drug-likeness (QED) is 0.827. The van der Waals surface area contributed by atoms with Gasteiger partial charge in [-0.2, -0.15) is 0 Å². The van der Waals surface area contributed by atoms with Crippen molar-refractivity contribution in [3.8, 4) is 0 Å². The van der Waals surface area contributed by atoms with Crippen LogP contribution in [0.15, 0.2) is 24.4 Å². The lowest BCUT2D eigenvalue weighted by Crippen LogP contribution is -2.43. The highest BCUT2D eigenvalue weighted by atomic mass is 32.2. The van der Waals surface area contributed by atoms with Gasteiger partial charge in [0.1, 0.15) is 0 Å². The molecule has 1 heterocycles. The van der Waals surface area contributed by atoms with Gasteiger partial charge in [-0.1, -0.05) is 6.07 Å². The summed E-state index contributed by atoms with van der Waals surface area (Å²) in [6.45, 7) is 0. The molecule has 0 unspecified atom stereocenters. The molecule has 4 bridgehead atoms. The van der Waals surface area contributed by atoms with Gasteiger partial charge in [0.05, 0.1) is 5.25 Å². The van der Waals surface area contributed by atoms with Crippen LogP contribution in [0.25, 0.3) is 10.9 Å². The van der Waals surface area contributed by atoms with E-state index in [1.165, 1.54) is 43.1 Å². The zero-order valence-electron chi connectivity index (χ0n) is 16.8. The molecule has 29 heavy (non-hydrogen) atoms. The number of hydrogen-bond donors (Lipinski definition) is 1. The van der Waals surface area contributed by atoms with Crippen LogP contribution >= 0.6 is 0 Å². The number of sulfonamides is 1. The summed E-state index contributed by atoms with van der Waals surface area (Å²) in [5.74, 6) is 3.64. The standard InChI is InChI=1S/C23H28N2O3S/c1-25-12-20(22-16-7-13-6-14(9-16)10-17(22)8-13)19-5-2-15(11-21(19)25)23(26)24-29(27,28)18-3-4-18/h2,5,11-14,16-18,22H,3-4,6-10H2,1H3,(H,24,26). The highest BCUT2D eigenvalue weighted by Gasteiger charge is 2.49. The van der Waals surface area contributed by atoms with Crippen molar-refractivity contribution in [2.45, 2.75) is 56.1 Å². The van der Waals surface area contributed by atoms with Crippen LogP contribution in [0.1, 0.15) is 66.8 Å². The number of aryl methyl sites for hydroxylation is 1. The molecule has 154 valence electrons. The lowest BCUT2D eigenvalue weighted by molar-refractivity contribution is -0.00235. The van der Waals surface area contributed by atoms with E-state index in [4.69, 9.17) is 0 Å². The third kappa shape index (κ3) is 2.86. The van der Waals surface area contributed by atoms with Gasteiger partial charge < -0.3 is 4.57 Å². The second-order valence-corrected chi connectivity index (χ2v) is 12.0. The van der Waals surface area contributed by atoms with Crippen molar-refractivity contribution in [3.05, 3.63) is 35.5 Å². The first-order chi connectivity index (χ1) is 13.9. The minimum absolute atomic E-state index is 0.395. The van der Waals surface area contributed by atoms with Crippen LogP contribution in [0, 0.1) is 23.7 Å². The Balaban J connectivity index is 1.34. The summed E-state index contributed by atoms with van der Waals surface area (Å²) in [5.41, 5.74) is 2.87. The zero-order valence-corrected chi connectivity index (χ0v) is 17.6. The Bertz CT molecular complexity index is 1080. The smallest absolute Gasteiger partial charge is 0.264 e. The Morgan fingerprint density at radius 1 is 1.03 bits per heavy atom. The minimum Gasteiger partial charge on any atom is -0.350 e. The Hall–Kier alpha value is -1.82. The molecule has 5 aliphatic rings. The largest absolute Gasteiger partial charge is 0.350 e. The fourth-order valence-corrected chi connectivity index (χ4v) is 8.20. The third-order valence-electron chi connectivity index (χ3n) is 8.07. The van der Waals surface area contributed by atoms with Crippen LogP contribution in [0.5, 0.6) is 0 Å². The Labute approximate surface area is 171 Å². The molecule has 0 radical (unpaired) electrons. The van der Waals surface area contributed by atoms with Crippen molar-refractivity contribution in [3.63, 3.8) is 0 Å². The molecule has 7 rings (SSSR count). The molecule has 0 atom stereocenters. The number of rotatable bonds is 4. The highest BCUT2D eigenvalue weighted by Crippen LogP contribution is 2.60. The van der Waals surface area contributed by atoms with Crippen molar-refractivity contribution in [2.24, 2.45) is 30.7 Å². The van der Waals surface area contributed by atoms with E-state index >= 15 is 0 Å². The van der Waals surface area contributed by atoms with Crippen LogP contribution in [0.2, 0.25) is 0 Å². The Morgan fingerprint density at radius 2 is 1.69 bits per heavy atom. The Kier molecular flexibility index (Phi) is 3.78. The molecule has 0 spiro atoms. The number of aromatic nitrogens is 1. The van der Waals surface area contributed by atoms with Gasteiger partial charge in [0.25, 0.3) is 5.91 Å². The molecule has 2 aromatic rings. The second-order valence-electron chi connectivity index (χ2n) is 10.1. The van der Waals surface area contributed by atoms with Crippen molar-refractivity contribution < 1.29 is 13.2 Å². The van der Waals surface area contributed by atoms with Gasteiger partial charge in [-0.3, -0.25) is 4.79 Å². The van der Waals surface area contributed by atoms with Gasteiger partial charge >= 0.3 is 0 Å². The normalized spacial score (nSPS) is 33.3. The summed E-state index contributed by atoms with van der Waals surface area (Å²) in [6.07, 6.45) is 10.5. The van der Waals surface area contributed by atoms with Crippen LogP contribution in [-0.2, 0) is 17.1 Å². The van der Waals surface area contributed by atoms with E-state index in [9.17, 15) is 13.2 Å². The summed E-state index contributed by atoms with van der Waals surface area (Å²) >= 11 is 0. The van der Waals surface area contributed by atoms with Crippen molar-refractivity contribution >= 4 is 26.8 Å². The summed E-state index contributed by atoms with van der Waals surface area (Å²) < 4.78 is 28.6. The molecular weight excluding hydrogens is 384 g/mol. The van der Waals surface area contributed by atoms with E-state index < -0.39 is 21.2 Å². The molecule has 0 saturated heterocycles. The number of nitrogens with zero attached hydrogens (tertiary/aromatic N) is 1. The van der Waals surface area contributed by atoms with E-state index in [1.54, 1.807) is 6.07 Å². The van der Waals surface area contributed by atoms with Crippen LogP contribution < -0.4 is 4.72 Å². The predicted octanol–water partition coefficient (Wildman–Crippen LogP) is 3.94.